The van der Waals surface area contributed by atoms with Gasteiger partial charge in [-0.25, -0.2) is 0 Å². The van der Waals surface area contributed by atoms with Crippen molar-refractivity contribution in [2.75, 3.05) is 20.8 Å². The Balaban J connectivity index is 2.38. The Labute approximate surface area is 143 Å². The molecule has 0 spiro atoms. The summed E-state index contributed by atoms with van der Waals surface area (Å²) in [4.78, 5) is 19.0. The molecule has 5 nitrogen and oxygen atoms in total. The molecule has 2 aromatic rings. The van der Waals surface area contributed by atoms with E-state index in [9.17, 15) is 4.79 Å². The van der Waals surface area contributed by atoms with E-state index >= 15 is 0 Å². The average Bonchev–Trinajstić information content (AvgIpc) is 2.65. The van der Waals surface area contributed by atoms with Gasteiger partial charge in [-0.3, -0.25) is 9.78 Å². The number of hydrogen-bond donors (Lipinski definition) is 0. The zero-order valence-electron chi connectivity index (χ0n) is 14.7. The van der Waals surface area contributed by atoms with Crippen molar-refractivity contribution in [1.82, 2.24) is 9.88 Å². The number of carbonyl (C=O) groups excluding carboxylic acids is 1. The first-order chi connectivity index (χ1) is 11.7. The van der Waals surface area contributed by atoms with Crippen LogP contribution in [0.25, 0.3) is 0 Å². The largest absolute Gasteiger partial charge is 0.497 e. The van der Waals surface area contributed by atoms with Gasteiger partial charge in [0.15, 0.2) is 0 Å². The Morgan fingerprint density at radius 3 is 2.38 bits per heavy atom. The molecule has 0 radical (unpaired) electrons. The molecule has 0 N–H and O–H groups in total. The van der Waals surface area contributed by atoms with Gasteiger partial charge < -0.3 is 14.4 Å². The summed E-state index contributed by atoms with van der Waals surface area (Å²) < 4.78 is 10.6. The number of aromatic nitrogens is 1. The molecule has 0 unspecified atom stereocenters. The van der Waals surface area contributed by atoms with Crippen LogP contribution < -0.4 is 9.47 Å². The third-order valence-corrected chi connectivity index (χ3v) is 4.09. The maximum atomic E-state index is 13.1. The van der Waals surface area contributed by atoms with Crippen molar-refractivity contribution in [2.24, 2.45) is 0 Å². The number of amides is 1. The Bertz CT molecular complexity index is 674. The summed E-state index contributed by atoms with van der Waals surface area (Å²) in [6.45, 7) is 4.67. The van der Waals surface area contributed by atoms with Gasteiger partial charge in [0.05, 0.1) is 25.8 Å². The molecule has 0 aliphatic rings. The lowest BCUT2D eigenvalue weighted by atomic mass is 10.0. The SMILES string of the molecule is CC[C@@H](c1ccncc1)N(CC)C(=O)c1ccc(OC)cc1OC. The van der Waals surface area contributed by atoms with Crippen molar-refractivity contribution in [3.05, 3.63) is 53.9 Å². The number of hydrogen-bond acceptors (Lipinski definition) is 4. The predicted molar refractivity (Wildman–Crippen MR) is 93.5 cm³/mol. The monoisotopic (exact) mass is 328 g/mol. The minimum absolute atomic E-state index is 0.00249. The lowest BCUT2D eigenvalue weighted by molar-refractivity contribution is 0.0679. The summed E-state index contributed by atoms with van der Waals surface area (Å²) in [5, 5.41) is 0. The highest BCUT2D eigenvalue weighted by molar-refractivity contribution is 5.97. The molecule has 0 aliphatic heterocycles. The van der Waals surface area contributed by atoms with Crippen LogP contribution in [-0.4, -0.2) is 36.6 Å². The molecule has 24 heavy (non-hydrogen) atoms. The molecule has 1 atom stereocenters. The molecule has 2 rings (SSSR count). The number of rotatable bonds is 7. The van der Waals surface area contributed by atoms with Gasteiger partial charge in [0.1, 0.15) is 11.5 Å². The van der Waals surface area contributed by atoms with E-state index in [1.54, 1.807) is 44.8 Å². The summed E-state index contributed by atoms with van der Waals surface area (Å²) in [7, 11) is 3.15. The fourth-order valence-corrected chi connectivity index (χ4v) is 2.86. The molecule has 1 aromatic heterocycles. The van der Waals surface area contributed by atoms with Crippen LogP contribution in [0, 0.1) is 0 Å². The van der Waals surface area contributed by atoms with E-state index in [0.717, 1.165) is 12.0 Å². The zero-order valence-corrected chi connectivity index (χ0v) is 14.7. The summed E-state index contributed by atoms with van der Waals surface area (Å²) in [6, 6.07) is 9.16. The van der Waals surface area contributed by atoms with Crippen LogP contribution in [0.1, 0.15) is 42.2 Å². The third kappa shape index (κ3) is 3.67. The molecule has 1 heterocycles. The van der Waals surface area contributed by atoms with Crippen LogP contribution in [-0.2, 0) is 0 Å². The standard InChI is InChI=1S/C19H24N2O3/c1-5-17(14-9-11-20-12-10-14)21(6-2)19(22)16-8-7-15(23-3)13-18(16)24-4/h7-13,17H,5-6H2,1-4H3/t17-/m0/s1. The van der Waals surface area contributed by atoms with Crippen LogP contribution in [0.3, 0.4) is 0 Å². The van der Waals surface area contributed by atoms with Crippen LogP contribution >= 0.6 is 0 Å². The first-order valence-corrected chi connectivity index (χ1v) is 8.09. The summed E-state index contributed by atoms with van der Waals surface area (Å²) in [5.74, 6) is 1.12. The number of benzene rings is 1. The van der Waals surface area contributed by atoms with E-state index in [4.69, 9.17) is 9.47 Å². The molecule has 0 saturated heterocycles. The van der Waals surface area contributed by atoms with Crippen molar-refractivity contribution in [2.45, 2.75) is 26.3 Å². The maximum Gasteiger partial charge on any atom is 0.258 e. The Hall–Kier alpha value is -2.56. The van der Waals surface area contributed by atoms with Crippen LogP contribution in [0.4, 0.5) is 0 Å². The molecule has 0 aliphatic carbocycles. The van der Waals surface area contributed by atoms with Crippen molar-refractivity contribution < 1.29 is 14.3 Å². The number of pyridine rings is 1. The topological polar surface area (TPSA) is 51.7 Å². The van der Waals surface area contributed by atoms with Gasteiger partial charge in [0.25, 0.3) is 5.91 Å². The van der Waals surface area contributed by atoms with Gasteiger partial charge >= 0.3 is 0 Å². The number of methoxy groups -OCH3 is 2. The Kier molecular flexibility index (Phi) is 6.18. The number of carbonyl (C=O) groups is 1. The molecular formula is C19H24N2O3. The molecule has 5 heteroatoms. The first-order valence-electron chi connectivity index (χ1n) is 8.09. The lowest BCUT2D eigenvalue weighted by Gasteiger charge is -2.31. The maximum absolute atomic E-state index is 13.1. The van der Waals surface area contributed by atoms with Crippen LogP contribution in [0.5, 0.6) is 11.5 Å². The Morgan fingerprint density at radius 1 is 1.12 bits per heavy atom. The second kappa shape index (κ2) is 8.34. The van der Waals surface area contributed by atoms with Crippen molar-refractivity contribution in [3.63, 3.8) is 0 Å². The van der Waals surface area contributed by atoms with Gasteiger partial charge in [-0.2, -0.15) is 0 Å². The Morgan fingerprint density at radius 2 is 1.83 bits per heavy atom. The van der Waals surface area contributed by atoms with Crippen LogP contribution in [0.2, 0.25) is 0 Å². The summed E-state index contributed by atoms with van der Waals surface area (Å²) in [5.41, 5.74) is 1.61. The molecule has 1 aromatic carbocycles. The van der Waals surface area contributed by atoms with E-state index in [-0.39, 0.29) is 11.9 Å². The van der Waals surface area contributed by atoms with E-state index in [0.29, 0.717) is 23.6 Å². The molecular weight excluding hydrogens is 304 g/mol. The highest BCUT2D eigenvalue weighted by atomic mass is 16.5. The minimum Gasteiger partial charge on any atom is -0.497 e. The highest BCUT2D eigenvalue weighted by Gasteiger charge is 2.26. The van der Waals surface area contributed by atoms with Crippen molar-refractivity contribution >= 4 is 5.91 Å². The predicted octanol–water partition coefficient (Wildman–Crippen LogP) is 3.71. The average molecular weight is 328 g/mol. The van der Waals surface area contributed by atoms with E-state index in [1.165, 1.54) is 0 Å². The van der Waals surface area contributed by atoms with Crippen molar-refractivity contribution in [3.8, 4) is 11.5 Å². The van der Waals surface area contributed by atoms with Gasteiger partial charge in [-0.15, -0.1) is 0 Å². The number of nitrogens with zero attached hydrogens (tertiary/aromatic N) is 2. The van der Waals surface area contributed by atoms with Gasteiger partial charge in [0.2, 0.25) is 0 Å². The normalized spacial score (nSPS) is 11.7. The van der Waals surface area contributed by atoms with Gasteiger partial charge in [-0.05, 0) is 43.2 Å². The summed E-state index contributed by atoms with van der Waals surface area (Å²) >= 11 is 0. The molecule has 128 valence electrons. The quantitative estimate of drug-likeness (QED) is 0.777. The number of ether oxygens (including phenoxy) is 2. The smallest absolute Gasteiger partial charge is 0.258 e. The van der Waals surface area contributed by atoms with E-state index < -0.39 is 0 Å². The van der Waals surface area contributed by atoms with Gasteiger partial charge in [0, 0.05) is 25.0 Å². The second-order valence-electron chi connectivity index (χ2n) is 5.36. The molecule has 0 bridgehead atoms. The fraction of sp³-hybridized carbons (Fsp3) is 0.368. The molecule has 0 saturated carbocycles. The van der Waals surface area contributed by atoms with E-state index in [2.05, 4.69) is 11.9 Å². The van der Waals surface area contributed by atoms with Crippen LogP contribution in [0.15, 0.2) is 42.7 Å². The molecule has 0 fully saturated rings. The fourth-order valence-electron chi connectivity index (χ4n) is 2.86. The summed E-state index contributed by atoms with van der Waals surface area (Å²) in [6.07, 6.45) is 4.33. The minimum atomic E-state index is -0.0549. The lowest BCUT2D eigenvalue weighted by Crippen LogP contribution is -2.34. The second-order valence-corrected chi connectivity index (χ2v) is 5.36. The third-order valence-electron chi connectivity index (χ3n) is 4.09. The zero-order chi connectivity index (χ0) is 17.5. The highest BCUT2D eigenvalue weighted by Crippen LogP contribution is 2.30. The van der Waals surface area contributed by atoms with Gasteiger partial charge in [-0.1, -0.05) is 6.92 Å². The molecule has 1 amide bonds. The van der Waals surface area contributed by atoms with E-state index in [1.807, 2.05) is 24.0 Å². The first kappa shape index (κ1) is 17.8. The van der Waals surface area contributed by atoms with Crippen molar-refractivity contribution in [1.29, 1.82) is 0 Å².